The van der Waals surface area contributed by atoms with Crippen molar-refractivity contribution in [3.8, 4) is 11.5 Å². The number of phenolic OH excluding ortho intramolecular Hbond substituents is 1. The number of carbonyl (C=O) groups excluding carboxylic acids is 1. The highest BCUT2D eigenvalue weighted by molar-refractivity contribution is 5.76. The molecular formula is C38H50O4. The van der Waals surface area contributed by atoms with Gasteiger partial charge in [0.25, 0.3) is 0 Å². The van der Waals surface area contributed by atoms with Gasteiger partial charge in [0.15, 0.2) is 11.5 Å². The summed E-state index contributed by atoms with van der Waals surface area (Å²) in [5.74, 6) is 1.48. The number of esters is 1. The number of methoxy groups -OCH3 is 1. The SMILES string of the molecule is COC(=O)[C@]1(C)CC[C@]2(C)CC[C@]3(C)C4=CC(C)c5c(cc(O)c(OCc6ccccc6)c5C)[C@]4(C)CC[C@@]3(C)[C@@H]2C1. The summed E-state index contributed by atoms with van der Waals surface area (Å²) in [7, 11) is 1.54. The average molecular weight is 571 g/mol. The van der Waals surface area contributed by atoms with Crippen LogP contribution in [0.25, 0.3) is 0 Å². The minimum absolute atomic E-state index is 0.0104. The van der Waals surface area contributed by atoms with E-state index in [1.165, 1.54) is 17.5 Å². The molecule has 4 aliphatic rings. The van der Waals surface area contributed by atoms with E-state index in [1.54, 1.807) is 12.7 Å². The molecule has 4 nitrogen and oxygen atoms in total. The Labute approximate surface area is 252 Å². The Hall–Kier alpha value is -2.75. The lowest BCUT2D eigenvalue weighted by atomic mass is 9.34. The van der Waals surface area contributed by atoms with E-state index >= 15 is 0 Å². The Balaban J connectivity index is 1.40. The first kappa shape index (κ1) is 29.3. The number of carbonyl (C=O) groups is 1. The molecule has 4 aliphatic carbocycles. The second-order valence-electron chi connectivity index (χ2n) is 15.5. The van der Waals surface area contributed by atoms with Crippen molar-refractivity contribution in [1.29, 1.82) is 0 Å². The average Bonchev–Trinajstić information content (AvgIpc) is 2.96. The van der Waals surface area contributed by atoms with Gasteiger partial charge < -0.3 is 14.6 Å². The van der Waals surface area contributed by atoms with E-state index in [9.17, 15) is 9.90 Å². The van der Waals surface area contributed by atoms with Crippen LogP contribution in [0.4, 0.5) is 0 Å². The normalized spacial score (nSPS) is 38.7. The van der Waals surface area contributed by atoms with Crippen molar-refractivity contribution >= 4 is 5.97 Å². The molecule has 0 saturated heterocycles. The minimum atomic E-state index is -0.416. The highest BCUT2D eigenvalue weighted by atomic mass is 16.5. The Morgan fingerprint density at radius 1 is 0.976 bits per heavy atom. The zero-order valence-electron chi connectivity index (χ0n) is 27.0. The molecule has 7 atom stereocenters. The summed E-state index contributed by atoms with van der Waals surface area (Å²) in [4.78, 5) is 13.0. The van der Waals surface area contributed by atoms with Gasteiger partial charge in [-0.15, -0.1) is 0 Å². The predicted octanol–water partition coefficient (Wildman–Crippen LogP) is 9.17. The van der Waals surface area contributed by atoms with E-state index < -0.39 is 5.41 Å². The van der Waals surface area contributed by atoms with Gasteiger partial charge in [-0.1, -0.05) is 76.6 Å². The van der Waals surface area contributed by atoms with Crippen LogP contribution in [0, 0.1) is 34.5 Å². The Morgan fingerprint density at radius 3 is 2.36 bits per heavy atom. The van der Waals surface area contributed by atoms with Crippen LogP contribution in [-0.2, 0) is 21.6 Å². The van der Waals surface area contributed by atoms with Gasteiger partial charge in [0.1, 0.15) is 6.61 Å². The van der Waals surface area contributed by atoms with Crippen molar-refractivity contribution in [2.75, 3.05) is 7.11 Å². The van der Waals surface area contributed by atoms with Crippen LogP contribution >= 0.6 is 0 Å². The van der Waals surface area contributed by atoms with E-state index in [-0.39, 0.29) is 39.3 Å². The molecule has 0 aromatic heterocycles. The molecule has 6 rings (SSSR count). The summed E-state index contributed by atoms with van der Waals surface area (Å²) in [5.41, 5.74) is 6.05. The van der Waals surface area contributed by atoms with E-state index in [0.717, 1.165) is 49.7 Å². The topological polar surface area (TPSA) is 55.8 Å². The van der Waals surface area contributed by atoms with Gasteiger partial charge in [0, 0.05) is 5.41 Å². The lowest BCUT2D eigenvalue weighted by Crippen LogP contribution is -2.62. The lowest BCUT2D eigenvalue weighted by Gasteiger charge is -2.70. The summed E-state index contributed by atoms with van der Waals surface area (Å²) in [6, 6.07) is 12.2. The third kappa shape index (κ3) is 3.95. The van der Waals surface area contributed by atoms with E-state index in [4.69, 9.17) is 9.47 Å². The lowest BCUT2D eigenvalue weighted by molar-refractivity contribution is -0.179. The first-order valence-electron chi connectivity index (χ1n) is 16.1. The van der Waals surface area contributed by atoms with Crippen molar-refractivity contribution in [3.63, 3.8) is 0 Å². The number of aromatic hydroxyl groups is 1. The third-order valence-corrected chi connectivity index (χ3v) is 13.2. The number of benzene rings is 2. The molecule has 226 valence electrons. The van der Waals surface area contributed by atoms with Crippen LogP contribution in [-0.4, -0.2) is 18.2 Å². The molecule has 3 saturated carbocycles. The number of allylic oxidation sites excluding steroid dienone is 2. The molecule has 4 heteroatoms. The fourth-order valence-electron chi connectivity index (χ4n) is 10.3. The van der Waals surface area contributed by atoms with Crippen molar-refractivity contribution in [1.82, 2.24) is 0 Å². The van der Waals surface area contributed by atoms with Crippen molar-refractivity contribution in [2.24, 2.45) is 27.6 Å². The predicted molar refractivity (Wildman–Crippen MR) is 168 cm³/mol. The number of phenols is 1. The van der Waals surface area contributed by atoms with Crippen LogP contribution in [0.15, 0.2) is 48.0 Å². The van der Waals surface area contributed by atoms with Crippen LogP contribution in [0.5, 0.6) is 11.5 Å². The van der Waals surface area contributed by atoms with Gasteiger partial charge in [-0.2, -0.15) is 0 Å². The quantitative estimate of drug-likeness (QED) is 0.294. The summed E-state index contributed by atoms with van der Waals surface area (Å²) in [6.45, 7) is 17.0. The third-order valence-electron chi connectivity index (χ3n) is 13.2. The standard InChI is InChI=1S/C38H50O4/c1-24-20-29-36(5,27-21-28(39)32(25(2)31(24)27)42-23-26-12-10-9-11-13-26)17-19-38(7)30-22-35(4,33(40)41-8)15-14-34(30,3)16-18-37(29,38)6/h9-13,20-21,24,30,39H,14-19,22-23H2,1-8H3/t24?,30-,34-,35-,36+,37-,38+/m1/s1. The van der Waals surface area contributed by atoms with Crippen molar-refractivity contribution in [3.05, 3.63) is 70.3 Å². The molecule has 0 spiro atoms. The molecule has 0 amide bonds. The highest BCUT2D eigenvalue weighted by Gasteiger charge is 2.67. The molecule has 1 unspecified atom stereocenters. The summed E-state index contributed by atoms with van der Waals surface area (Å²) < 4.78 is 11.6. The van der Waals surface area contributed by atoms with E-state index in [2.05, 4.69) is 66.7 Å². The van der Waals surface area contributed by atoms with E-state index in [1.807, 2.05) is 24.3 Å². The maximum absolute atomic E-state index is 13.0. The number of hydrogen-bond acceptors (Lipinski definition) is 4. The van der Waals surface area contributed by atoms with E-state index in [0.29, 0.717) is 18.3 Å². The monoisotopic (exact) mass is 570 g/mol. The van der Waals surface area contributed by atoms with Gasteiger partial charge in [-0.3, -0.25) is 4.79 Å². The maximum atomic E-state index is 13.0. The minimum Gasteiger partial charge on any atom is -0.504 e. The van der Waals surface area contributed by atoms with Crippen molar-refractivity contribution < 1.29 is 19.4 Å². The largest absolute Gasteiger partial charge is 0.504 e. The Kier molecular flexibility index (Phi) is 6.72. The summed E-state index contributed by atoms with van der Waals surface area (Å²) in [5, 5.41) is 11.4. The van der Waals surface area contributed by atoms with Gasteiger partial charge in [-0.25, -0.2) is 0 Å². The highest BCUT2D eigenvalue weighted by Crippen LogP contribution is 2.75. The van der Waals surface area contributed by atoms with Gasteiger partial charge >= 0.3 is 5.97 Å². The zero-order valence-corrected chi connectivity index (χ0v) is 27.0. The van der Waals surface area contributed by atoms with Crippen molar-refractivity contribution in [2.45, 2.75) is 111 Å². The van der Waals surface area contributed by atoms with Crippen LogP contribution in [0.1, 0.15) is 115 Å². The fourth-order valence-corrected chi connectivity index (χ4v) is 10.3. The molecule has 42 heavy (non-hydrogen) atoms. The number of hydrogen-bond donors (Lipinski definition) is 1. The maximum Gasteiger partial charge on any atom is 0.311 e. The first-order chi connectivity index (χ1) is 19.7. The molecule has 0 bridgehead atoms. The van der Waals surface area contributed by atoms with Gasteiger partial charge in [0.05, 0.1) is 12.5 Å². The Morgan fingerprint density at radius 2 is 1.67 bits per heavy atom. The van der Waals surface area contributed by atoms with Gasteiger partial charge in [0.2, 0.25) is 0 Å². The smallest absolute Gasteiger partial charge is 0.311 e. The Bertz CT molecular complexity index is 1440. The molecule has 0 heterocycles. The fraction of sp³-hybridized carbons (Fsp3) is 0.605. The van der Waals surface area contributed by atoms with Crippen LogP contribution < -0.4 is 4.74 Å². The van der Waals surface area contributed by atoms with Crippen LogP contribution in [0.3, 0.4) is 0 Å². The second kappa shape index (κ2) is 9.63. The molecule has 2 aromatic carbocycles. The molecule has 0 radical (unpaired) electrons. The first-order valence-corrected chi connectivity index (χ1v) is 16.1. The van der Waals surface area contributed by atoms with Gasteiger partial charge in [-0.05, 0) is 115 Å². The number of fused-ring (bicyclic) bond motifs is 7. The molecule has 3 fully saturated rings. The number of ether oxygens (including phenoxy) is 2. The summed E-state index contributed by atoms with van der Waals surface area (Å²) in [6.07, 6.45) is 9.98. The second-order valence-corrected chi connectivity index (χ2v) is 15.5. The summed E-state index contributed by atoms with van der Waals surface area (Å²) >= 11 is 0. The molecule has 1 N–H and O–H groups in total. The van der Waals surface area contributed by atoms with Crippen LogP contribution in [0.2, 0.25) is 0 Å². The molecule has 0 aliphatic heterocycles. The molecule has 2 aromatic rings. The zero-order chi connectivity index (χ0) is 30.3. The molecular weight excluding hydrogens is 520 g/mol. The number of rotatable bonds is 4.